The van der Waals surface area contributed by atoms with Gasteiger partial charge in [0.05, 0.1) is 13.1 Å². The zero-order valence-corrected chi connectivity index (χ0v) is 24.4. The molecule has 1 aliphatic rings. The summed E-state index contributed by atoms with van der Waals surface area (Å²) in [6.07, 6.45) is 5.61. The van der Waals surface area contributed by atoms with Gasteiger partial charge in [0.15, 0.2) is 0 Å². The number of ether oxygens (including phenoxy) is 1. The quantitative estimate of drug-likeness (QED) is 0.323. The molecule has 1 aliphatic heterocycles. The lowest BCUT2D eigenvalue weighted by molar-refractivity contribution is -0.153. The van der Waals surface area contributed by atoms with Gasteiger partial charge in [-0.2, -0.15) is 11.8 Å². The van der Waals surface area contributed by atoms with Crippen LogP contribution < -0.4 is 11.1 Å². The fourth-order valence-electron chi connectivity index (χ4n) is 5.25. The van der Waals surface area contributed by atoms with Gasteiger partial charge in [0.2, 0.25) is 11.8 Å². The molecule has 2 aromatic carbocycles. The molecule has 214 valence electrons. The molecular formula is C30H44N4O4S. The summed E-state index contributed by atoms with van der Waals surface area (Å²) < 4.78 is 5.69. The lowest BCUT2D eigenvalue weighted by Gasteiger charge is -2.31. The van der Waals surface area contributed by atoms with E-state index in [2.05, 4.69) is 34.5 Å². The van der Waals surface area contributed by atoms with Crippen molar-refractivity contribution in [2.75, 3.05) is 38.2 Å². The molecule has 2 aromatic rings. The van der Waals surface area contributed by atoms with E-state index in [1.54, 1.807) is 11.8 Å². The van der Waals surface area contributed by atoms with Gasteiger partial charge in [-0.1, -0.05) is 56.3 Å². The molecule has 0 saturated carbocycles. The molecule has 9 heteroatoms. The molecule has 2 atom stereocenters. The van der Waals surface area contributed by atoms with Gasteiger partial charge in [-0.25, -0.2) is 4.79 Å². The van der Waals surface area contributed by atoms with Crippen molar-refractivity contribution in [3.8, 4) is 0 Å². The molecule has 0 aromatic heterocycles. The van der Waals surface area contributed by atoms with E-state index >= 15 is 0 Å². The molecule has 1 heterocycles. The van der Waals surface area contributed by atoms with Crippen LogP contribution in [0.1, 0.15) is 51.5 Å². The van der Waals surface area contributed by atoms with Crippen LogP contribution in [0.25, 0.3) is 10.8 Å². The summed E-state index contributed by atoms with van der Waals surface area (Å²) >= 11 is 1.63. The number of nitrogens with zero attached hydrogens (tertiary/aromatic N) is 2. The van der Waals surface area contributed by atoms with Gasteiger partial charge in [0.25, 0.3) is 0 Å². The standard InChI is InChI=1S/C30H44N4O4S/c1-4-25(5-2)38-30(37)27(15-17-39-3)32-28(35)21-33(20-24-13-9-16-34(24)29(36)18-31)19-23-12-8-11-22-10-6-7-14-26(22)23/h6-8,10-12,14,24-25,27H,4-5,9,13,15-21,31H2,1-3H3,(H,32,35)/t24-,27-/m0/s1. The molecule has 0 spiro atoms. The van der Waals surface area contributed by atoms with E-state index in [1.165, 1.54) is 0 Å². The van der Waals surface area contributed by atoms with Crippen molar-refractivity contribution >= 4 is 40.3 Å². The number of hydrogen-bond acceptors (Lipinski definition) is 7. The second-order valence-corrected chi connectivity index (χ2v) is 11.2. The highest BCUT2D eigenvalue weighted by atomic mass is 32.2. The number of nitrogens with two attached hydrogens (primary N) is 1. The third kappa shape index (κ3) is 8.95. The normalized spacial score (nSPS) is 16.2. The maximum atomic E-state index is 13.4. The van der Waals surface area contributed by atoms with E-state index in [0.717, 1.165) is 47.8 Å². The maximum Gasteiger partial charge on any atom is 0.328 e. The number of benzene rings is 2. The number of fused-ring (bicyclic) bond motifs is 1. The number of carbonyl (C=O) groups excluding carboxylic acids is 3. The molecule has 3 rings (SSSR count). The van der Waals surface area contributed by atoms with Crippen molar-refractivity contribution in [1.82, 2.24) is 15.1 Å². The van der Waals surface area contributed by atoms with Crippen LogP contribution >= 0.6 is 11.8 Å². The molecular weight excluding hydrogens is 512 g/mol. The molecule has 0 radical (unpaired) electrons. The van der Waals surface area contributed by atoms with Gasteiger partial charge in [-0.05, 0) is 60.4 Å². The zero-order chi connectivity index (χ0) is 28.2. The average molecular weight is 557 g/mol. The van der Waals surface area contributed by atoms with Crippen molar-refractivity contribution in [1.29, 1.82) is 0 Å². The predicted octanol–water partition coefficient (Wildman–Crippen LogP) is 3.56. The summed E-state index contributed by atoms with van der Waals surface area (Å²) in [5.74, 6) is 0.0778. The number of hydrogen-bond donors (Lipinski definition) is 2. The number of thioether (sulfide) groups is 1. The van der Waals surface area contributed by atoms with Crippen LogP contribution in [0.4, 0.5) is 0 Å². The molecule has 1 fully saturated rings. The first-order chi connectivity index (χ1) is 18.9. The topological polar surface area (TPSA) is 105 Å². The Morgan fingerprint density at radius 1 is 1.15 bits per heavy atom. The molecule has 39 heavy (non-hydrogen) atoms. The van der Waals surface area contributed by atoms with Crippen molar-refractivity contribution in [2.24, 2.45) is 5.73 Å². The van der Waals surface area contributed by atoms with Crippen LogP contribution in [0.5, 0.6) is 0 Å². The lowest BCUT2D eigenvalue weighted by Crippen LogP contribution is -2.50. The third-order valence-electron chi connectivity index (χ3n) is 7.41. The smallest absolute Gasteiger partial charge is 0.328 e. The van der Waals surface area contributed by atoms with Crippen LogP contribution in [0.2, 0.25) is 0 Å². The molecule has 1 saturated heterocycles. The van der Waals surface area contributed by atoms with Crippen molar-refractivity contribution in [2.45, 2.75) is 70.7 Å². The fourth-order valence-corrected chi connectivity index (χ4v) is 5.73. The molecule has 2 amide bonds. The van der Waals surface area contributed by atoms with Gasteiger partial charge in [-0.3, -0.25) is 14.5 Å². The van der Waals surface area contributed by atoms with Crippen LogP contribution in [0.15, 0.2) is 42.5 Å². The largest absolute Gasteiger partial charge is 0.461 e. The van der Waals surface area contributed by atoms with Crippen molar-refractivity contribution in [3.05, 3.63) is 48.0 Å². The number of amides is 2. The highest BCUT2D eigenvalue weighted by molar-refractivity contribution is 7.98. The van der Waals surface area contributed by atoms with Crippen LogP contribution in [-0.4, -0.2) is 84.0 Å². The molecule has 3 N–H and O–H groups in total. The number of esters is 1. The Hall–Kier alpha value is -2.62. The SMILES string of the molecule is CCC(CC)OC(=O)[C@H](CCSC)NC(=O)CN(Cc1cccc2ccccc12)C[C@@H]1CCCN1C(=O)CN. The van der Waals surface area contributed by atoms with Crippen LogP contribution in [-0.2, 0) is 25.7 Å². The Bertz CT molecular complexity index is 1090. The number of carbonyl (C=O) groups is 3. The molecule has 0 unspecified atom stereocenters. The highest BCUT2D eigenvalue weighted by Crippen LogP contribution is 2.23. The second kappa shape index (κ2) is 15.8. The Morgan fingerprint density at radius 3 is 2.62 bits per heavy atom. The van der Waals surface area contributed by atoms with Gasteiger partial charge in [-0.15, -0.1) is 0 Å². The minimum Gasteiger partial charge on any atom is -0.461 e. The first-order valence-corrected chi connectivity index (χ1v) is 15.5. The van der Waals surface area contributed by atoms with Gasteiger partial charge >= 0.3 is 5.97 Å². The molecule has 8 nitrogen and oxygen atoms in total. The maximum absolute atomic E-state index is 13.4. The van der Waals surface area contributed by atoms with Crippen LogP contribution in [0.3, 0.4) is 0 Å². The Morgan fingerprint density at radius 2 is 1.90 bits per heavy atom. The second-order valence-electron chi connectivity index (χ2n) is 10.2. The summed E-state index contributed by atoms with van der Waals surface area (Å²) in [5, 5.41) is 5.24. The Balaban J connectivity index is 1.79. The van der Waals surface area contributed by atoms with E-state index in [4.69, 9.17) is 10.5 Å². The average Bonchev–Trinajstić information content (AvgIpc) is 3.41. The summed E-state index contributed by atoms with van der Waals surface area (Å²) in [5.41, 5.74) is 6.79. The lowest BCUT2D eigenvalue weighted by atomic mass is 10.0. The van der Waals surface area contributed by atoms with Crippen LogP contribution in [0, 0.1) is 0 Å². The van der Waals surface area contributed by atoms with Crippen molar-refractivity contribution in [3.63, 3.8) is 0 Å². The molecule has 0 aliphatic carbocycles. The Kier molecular flexibility index (Phi) is 12.6. The minimum atomic E-state index is -0.688. The summed E-state index contributed by atoms with van der Waals surface area (Å²) in [6.45, 7) is 5.86. The minimum absolute atomic E-state index is 0.00375. The summed E-state index contributed by atoms with van der Waals surface area (Å²) in [7, 11) is 0. The monoisotopic (exact) mass is 556 g/mol. The van der Waals surface area contributed by atoms with Gasteiger partial charge < -0.3 is 20.7 Å². The zero-order valence-electron chi connectivity index (χ0n) is 23.6. The number of nitrogens with one attached hydrogen (secondary N) is 1. The van der Waals surface area contributed by atoms with E-state index in [-0.39, 0.29) is 43.0 Å². The first-order valence-electron chi connectivity index (χ1n) is 14.1. The third-order valence-corrected chi connectivity index (χ3v) is 8.05. The first kappa shape index (κ1) is 30.9. The number of likely N-dealkylation sites (tertiary alicyclic amines) is 1. The van der Waals surface area contributed by atoms with E-state index < -0.39 is 6.04 Å². The Labute approximate surface area is 237 Å². The number of rotatable bonds is 15. The van der Waals surface area contributed by atoms with Crippen molar-refractivity contribution < 1.29 is 19.1 Å². The van der Waals surface area contributed by atoms with E-state index in [1.807, 2.05) is 43.2 Å². The predicted molar refractivity (Wildman–Crippen MR) is 158 cm³/mol. The summed E-state index contributed by atoms with van der Waals surface area (Å²) in [4.78, 5) is 42.7. The fraction of sp³-hybridized carbons (Fsp3) is 0.567. The van der Waals surface area contributed by atoms with E-state index in [0.29, 0.717) is 26.1 Å². The summed E-state index contributed by atoms with van der Waals surface area (Å²) in [6, 6.07) is 13.7. The van der Waals surface area contributed by atoms with Gasteiger partial charge in [0.1, 0.15) is 12.1 Å². The highest BCUT2D eigenvalue weighted by Gasteiger charge is 2.31. The van der Waals surface area contributed by atoms with E-state index in [9.17, 15) is 14.4 Å². The van der Waals surface area contributed by atoms with Gasteiger partial charge in [0, 0.05) is 25.7 Å². The molecule has 0 bridgehead atoms.